The molecule has 1 aromatic heterocycles. The Labute approximate surface area is 142 Å². The number of hydrogen-bond donors (Lipinski definition) is 2. The molecule has 0 aliphatic carbocycles. The number of likely N-dealkylation sites (N-methyl/N-ethyl adjacent to an activating group) is 1. The summed E-state index contributed by atoms with van der Waals surface area (Å²) in [5.74, 6) is 0.747. The second kappa shape index (κ2) is 9.39. The molecule has 130 valence electrons. The number of amides is 1. The average Bonchev–Trinajstić information content (AvgIpc) is 2.96. The third-order valence-corrected chi connectivity index (χ3v) is 3.52. The molecule has 23 heavy (non-hydrogen) atoms. The predicted octanol–water partition coefficient (Wildman–Crippen LogP) is 2.67. The van der Waals surface area contributed by atoms with Crippen LogP contribution in [0.4, 0.5) is 4.79 Å². The molecule has 1 amide bonds. The Morgan fingerprint density at radius 1 is 1.39 bits per heavy atom. The van der Waals surface area contributed by atoms with Crippen molar-refractivity contribution in [2.45, 2.75) is 39.8 Å². The number of rotatable bonds is 6. The summed E-state index contributed by atoms with van der Waals surface area (Å²) in [4.78, 5) is 18.0. The standard InChI is InChI=1S/C16H28N4O2S/c1-6-17-14(19-11-13-7-10-23-12-13)18-8-9-20(5)15(21)22-16(2,3)4/h7,10,12H,6,8-9,11H2,1-5H3,(H2,17,18,19). The molecule has 0 atom stereocenters. The number of ether oxygens (including phenoxy) is 1. The SMILES string of the molecule is CCNC(=NCc1ccsc1)NCCN(C)C(=O)OC(C)(C)C. The molecule has 0 aliphatic rings. The predicted molar refractivity (Wildman–Crippen MR) is 96.0 cm³/mol. The van der Waals surface area contributed by atoms with Crippen LogP contribution in [0.3, 0.4) is 0 Å². The molecule has 6 nitrogen and oxygen atoms in total. The number of nitrogens with zero attached hydrogens (tertiary/aromatic N) is 2. The molecule has 2 N–H and O–H groups in total. The Kier molecular flexibility index (Phi) is 7.88. The van der Waals surface area contributed by atoms with E-state index in [9.17, 15) is 4.79 Å². The molecule has 7 heteroatoms. The molecule has 0 aliphatic heterocycles. The van der Waals surface area contributed by atoms with Gasteiger partial charge in [0, 0.05) is 26.7 Å². The van der Waals surface area contributed by atoms with Gasteiger partial charge in [0.25, 0.3) is 0 Å². The van der Waals surface area contributed by atoms with Crippen LogP contribution in [0.2, 0.25) is 0 Å². The number of thiophene rings is 1. The monoisotopic (exact) mass is 340 g/mol. The summed E-state index contributed by atoms with van der Waals surface area (Å²) in [5.41, 5.74) is 0.716. The topological polar surface area (TPSA) is 66.0 Å². The minimum Gasteiger partial charge on any atom is -0.444 e. The molecule has 0 radical (unpaired) electrons. The fourth-order valence-electron chi connectivity index (χ4n) is 1.67. The Hall–Kier alpha value is -1.76. The van der Waals surface area contributed by atoms with Gasteiger partial charge >= 0.3 is 6.09 Å². The van der Waals surface area contributed by atoms with Crippen LogP contribution in [0.15, 0.2) is 21.8 Å². The van der Waals surface area contributed by atoms with Gasteiger partial charge in [-0.25, -0.2) is 9.79 Å². The number of carbonyl (C=O) groups is 1. The van der Waals surface area contributed by atoms with Crippen LogP contribution in [-0.2, 0) is 11.3 Å². The Morgan fingerprint density at radius 2 is 2.13 bits per heavy atom. The van der Waals surface area contributed by atoms with Gasteiger partial charge in [0.05, 0.1) is 6.54 Å². The summed E-state index contributed by atoms with van der Waals surface area (Å²) < 4.78 is 5.32. The zero-order valence-electron chi connectivity index (χ0n) is 14.7. The van der Waals surface area contributed by atoms with Gasteiger partial charge in [0.1, 0.15) is 5.60 Å². The highest BCUT2D eigenvalue weighted by Crippen LogP contribution is 2.09. The summed E-state index contributed by atoms with van der Waals surface area (Å²) in [6.07, 6.45) is -0.320. The van der Waals surface area contributed by atoms with Crippen molar-refractivity contribution < 1.29 is 9.53 Å². The molecule has 0 bridgehead atoms. The second-order valence-electron chi connectivity index (χ2n) is 6.16. The third-order valence-electron chi connectivity index (χ3n) is 2.79. The molecule has 1 rings (SSSR count). The van der Waals surface area contributed by atoms with Crippen LogP contribution >= 0.6 is 11.3 Å². The van der Waals surface area contributed by atoms with Crippen molar-refractivity contribution in [3.05, 3.63) is 22.4 Å². The smallest absolute Gasteiger partial charge is 0.410 e. The van der Waals surface area contributed by atoms with Gasteiger partial charge in [-0.3, -0.25) is 0 Å². The van der Waals surface area contributed by atoms with E-state index >= 15 is 0 Å². The summed E-state index contributed by atoms with van der Waals surface area (Å²) in [6.45, 7) is 10.2. The number of guanidine groups is 1. The highest BCUT2D eigenvalue weighted by Gasteiger charge is 2.19. The minimum absolute atomic E-state index is 0.320. The third kappa shape index (κ3) is 8.44. The molecule has 0 fully saturated rings. The molecule has 0 saturated carbocycles. The Bertz CT molecular complexity index is 495. The highest BCUT2D eigenvalue weighted by atomic mass is 32.1. The summed E-state index contributed by atoms with van der Waals surface area (Å²) in [5, 5.41) is 10.5. The molecule has 0 spiro atoms. The Morgan fingerprint density at radius 3 is 2.70 bits per heavy atom. The van der Waals surface area contributed by atoms with E-state index in [0.717, 1.165) is 12.5 Å². The summed E-state index contributed by atoms with van der Waals surface area (Å²) in [7, 11) is 1.73. The lowest BCUT2D eigenvalue weighted by Crippen LogP contribution is -2.43. The fraction of sp³-hybridized carbons (Fsp3) is 0.625. The van der Waals surface area contributed by atoms with Gasteiger partial charge in [0.2, 0.25) is 0 Å². The number of hydrogen-bond acceptors (Lipinski definition) is 4. The average molecular weight is 340 g/mol. The second-order valence-corrected chi connectivity index (χ2v) is 6.94. The van der Waals surface area contributed by atoms with E-state index in [2.05, 4.69) is 27.1 Å². The largest absolute Gasteiger partial charge is 0.444 e. The van der Waals surface area contributed by atoms with E-state index in [1.165, 1.54) is 5.56 Å². The maximum absolute atomic E-state index is 11.9. The lowest BCUT2D eigenvalue weighted by Gasteiger charge is -2.24. The zero-order chi connectivity index (χ0) is 17.3. The van der Waals surface area contributed by atoms with Crippen molar-refractivity contribution in [2.75, 3.05) is 26.7 Å². The van der Waals surface area contributed by atoms with Crippen molar-refractivity contribution >= 4 is 23.4 Å². The number of aliphatic imine (C=N–C) groups is 1. The summed E-state index contributed by atoms with van der Waals surface area (Å²) in [6, 6.07) is 2.06. The van der Waals surface area contributed by atoms with Crippen molar-refractivity contribution in [1.82, 2.24) is 15.5 Å². The van der Waals surface area contributed by atoms with Gasteiger partial charge in [-0.1, -0.05) is 0 Å². The zero-order valence-corrected chi connectivity index (χ0v) is 15.5. The van der Waals surface area contributed by atoms with Gasteiger partial charge < -0.3 is 20.3 Å². The minimum atomic E-state index is -0.476. The Balaban J connectivity index is 2.40. The molecule has 0 aromatic carbocycles. The molecule has 0 saturated heterocycles. The molecular formula is C16H28N4O2S. The van der Waals surface area contributed by atoms with Crippen LogP contribution in [0.5, 0.6) is 0 Å². The van der Waals surface area contributed by atoms with Gasteiger partial charge in [-0.05, 0) is 50.1 Å². The van der Waals surface area contributed by atoms with E-state index in [1.54, 1.807) is 23.3 Å². The lowest BCUT2D eigenvalue weighted by molar-refractivity contribution is 0.0302. The van der Waals surface area contributed by atoms with Crippen LogP contribution in [0, 0.1) is 0 Å². The number of nitrogens with one attached hydrogen (secondary N) is 2. The van der Waals surface area contributed by atoms with Crippen molar-refractivity contribution in [1.29, 1.82) is 0 Å². The first-order chi connectivity index (χ1) is 10.8. The van der Waals surface area contributed by atoms with E-state index < -0.39 is 5.60 Å². The van der Waals surface area contributed by atoms with Gasteiger partial charge in [0.15, 0.2) is 5.96 Å². The van der Waals surface area contributed by atoms with E-state index in [-0.39, 0.29) is 6.09 Å². The fourth-order valence-corrected chi connectivity index (χ4v) is 2.33. The van der Waals surface area contributed by atoms with Crippen LogP contribution in [0.1, 0.15) is 33.3 Å². The first kappa shape index (κ1) is 19.3. The first-order valence-electron chi connectivity index (χ1n) is 7.79. The van der Waals surface area contributed by atoms with Crippen LogP contribution in [0.25, 0.3) is 0 Å². The normalized spacial score (nSPS) is 12.0. The van der Waals surface area contributed by atoms with Gasteiger partial charge in [-0.15, -0.1) is 0 Å². The van der Waals surface area contributed by atoms with E-state index in [1.807, 2.05) is 33.1 Å². The lowest BCUT2D eigenvalue weighted by atomic mass is 10.2. The maximum atomic E-state index is 11.9. The molecular weight excluding hydrogens is 312 g/mol. The van der Waals surface area contributed by atoms with Crippen molar-refractivity contribution in [3.63, 3.8) is 0 Å². The molecule has 0 unspecified atom stereocenters. The van der Waals surface area contributed by atoms with Crippen molar-refractivity contribution in [3.8, 4) is 0 Å². The highest BCUT2D eigenvalue weighted by molar-refractivity contribution is 7.07. The van der Waals surface area contributed by atoms with Crippen LogP contribution < -0.4 is 10.6 Å². The van der Waals surface area contributed by atoms with Crippen molar-refractivity contribution in [2.24, 2.45) is 4.99 Å². The number of carbonyl (C=O) groups excluding carboxylic acids is 1. The first-order valence-corrected chi connectivity index (χ1v) is 8.73. The summed E-state index contributed by atoms with van der Waals surface area (Å²) >= 11 is 1.67. The van der Waals surface area contributed by atoms with E-state index in [0.29, 0.717) is 19.6 Å². The van der Waals surface area contributed by atoms with Crippen LogP contribution in [-0.4, -0.2) is 49.2 Å². The maximum Gasteiger partial charge on any atom is 0.410 e. The van der Waals surface area contributed by atoms with E-state index in [4.69, 9.17) is 4.74 Å². The molecule has 1 heterocycles. The van der Waals surface area contributed by atoms with Gasteiger partial charge in [-0.2, -0.15) is 11.3 Å². The quantitative estimate of drug-likeness (QED) is 0.617. The molecule has 1 aromatic rings.